The molecule has 0 aliphatic heterocycles. The fraction of sp³-hybridized carbons (Fsp3) is 0.625. The van der Waals surface area contributed by atoms with Gasteiger partial charge in [-0.1, -0.05) is 19.1 Å². The van der Waals surface area contributed by atoms with Gasteiger partial charge in [-0.3, -0.25) is 0 Å². The summed E-state index contributed by atoms with van der Waals surface area (Å²) in [6.45, 7) is 8.76. The fourth-order valence-corrected chi connectivity index (χ4v) is 1.97. The molecule has 0 amide bonds. The molecule has 1 aromatic carbocycles. The summed E-state index contributed by atoms with van der Waals surface area (Å²) in [6.07, 6.45) is 1.11. The first kappa shape index (κ1) is 17.0. The number of benzene rings is 1. The number of hydrogen-bond donors (Lipinski definition) is 2. The van der Waals surface area contributed by atoms with Crippen molar-refractivity contribution in [2.45, 2.75) is 33.2 Å². The van der Waals surface area contributed by atoms with Crippen LogP contribution in [0.4, 0.5) is 0 Å². The first-order chi connectivity index (χ1) is 9.69. The van der Waals surface area contributed by atoms with Crippen LogP contribution in [0.2, 0.25) is 0 Å². The van der Waals surface area contributed by atoms with Crippen LogP contribution >= 0.6 is 0 Å². The molecule has 0 aliphatic carbocycles. The van der Waals surface area contributed by atoms with Crippen molar-refractivity contribution in [3.8, 4) is 5.75 Å². The van der Waals surface area contributed by atoms with Crippen LogP contribution in [0.5, 0.6) is 5.75 Å². The van der Waals surface area contributed by atoms with E-state index in [1.165, 1.54) is 11.1 Å². The third-order valence-corrected chi connectivity index (χ3v) is 3.06. The normalized spacial score (nSPS) is 12.4. The minimum absolute atomic E-state index is 0.0493. The minimum atomic E-state index is 0.0493. The van der Waals surface area contributed by atoms with E-state index in [9.17, 15) is 0 Å². The quantitative estimate of drug-likeness (QED) is 0.647. The van der Waals surface area contributed by atoms with Gasteiger partial charge in [0.05, 0.1) is 19.8 Å². The van der Waals surface area contributed by atoms with Gasteiger partial charge in [-0.2, -0.15) is 0 Å². The van der Waals surface area contributed by atoms with Crippen LogP contribution in [0.25, 0.3) is 0 Å². The van der Waals surface area contributed by atoms with E-state index < -0.39 is 0 Å². The van der Waals surface area contributed by atoms with E-state index in [4.69, 9.17) is 14.6 Å². The Morgan fingerprint density at radius 2 is 2.05 bits per heavy atom. The van der Waals surface area contributed by atoms with Gasteiger partial charge < -0.3 is 19.9 Å². The lowest BCUT2D eigenvalue weighted by Crippen LogP contribution is -2.20. The molecule has 1 atom stereocenters. The second kappa shape index (κ2) is 9.75. The van der Waals surface area contributed by atoms with Gasteiger partial charge in [0.25, 0.3) is 0 Å². The summed E-state index contributed by atoms with van der Waals surface area (Å²) in [6, 6.07) is 6.55. The van der Waals surface area contributed by atoms with Gasteiger partial charge in [-0.15, -0.1) is 0 Å². The van der Waals surface area contributed by atoms with E-state index >= 15 is 0 Å². The SMILES string of the molecule is CCCNC(C)c1ccc(C)cc1OCCOCCO. The molecule has 0 saturated heterocycles. The third-order valence-electron chi connectivity index (χ3n) is 3.06. The van der Waals surface area contributed by atoms with Crippen LogP contribution in [0.1, 0.15) is 37.4 Å². The van der Waals surface area contributed by atoms with Crippen molar-refractivity contribution in [2.75, 3.05) is 33.0 Å². The lowest BCUT2D eigenvalue weighted by molar-refractivity contribution is 0.0702. The molecule has 0 spiro atoms. The second-order valence-electron chi connectivity index (χ2n) is 4.90. The zero-order valence-electron chi connectivity index (χ0n) is 12.8. The van der Waals surface area contributed by atoms with Crippen molar-refractivity contribution in [1.82, 2.24) is 5.32 Å². The highest BCUT2D eigenvalue weighted by Crippen LogP contribution is 2.26. The topological polar surface area (TPSA) is 50.7 Å². The number of aliphatic hydroxyl groups excluding tert-OH is 1. The van der Waals surface area contributed by atoms with E-state index in [0.717, 1.165) is 18.7 Å². The molecule has 0 radical (unpaired) electrons. The summed E-state index contributed by atoms with van der Waals surface area (Å²) in [4.78, 5) is 0. The molecule has 0 bridgehead atoms. The maximum absolute atomic E-state index is 8.64. The molecule has 0 aromatic heterocycles. The van der Waals surface area contributed by atoms with Crippen LogP contribution in [0, 0.1) is 6.92 Å². The molecule has 1 unspecified atom stereocenters. The van der Waals surface area contributed by atoms with E-state index in [0.29, 0.717) is 19.8 Å². The van der Waals surface area contributed by atoms with Gasteiger partial charge in [-0.05, 0) is 38.4 Å². The third kappa shape index (κ3) is 5.90. The Bertz CT molecular complexity index is 382. The van der Waals surface area contributed by atoms with Crippen molar-refractivity contribution in [3.05, 3.63) is 29.3 Å². The summed E-state index contributed by atoms with van der Waals surface area (Å²) in [5.41, 5.74) is 2.36. The molecule has 0 aliphatic rings. The van der Waals surface area contributed by atoms with Gasteiger partial charge in [0.2, 0.25) is 0 Å². The van der Waals surface area contributed by atoms with E-state index in [2.05, 4.69) is 44.3 Å². The predicted molar refractivity (Wildman–Crippen MR) is 81.3 cm³/mol. The van der Waals surface area contributed by atoms with Crippen molar-refractivity contribution in [2.24, 2.45) is 0 Å². The van der Waals surface area contributed by atoms with Crippen molar-refractivity contribution in [1.29, 1.82) is 0 Å². The smallest absolute Gasteiger partial charge is 0.124 e. The average Bonchev–Trinajstić information content (AvgIpc) is 2.44. The van der Waals surface area contributed by atoms with Crippen molar-refractivity contribution >= 4 is 0 Å². The zero-order valence-corrected chi connectivity index (χ0v) is 12.8. The lowest BCUT2D eigenvalue weighted by Gasteiger charge is -2.19. The first-order valence-corrected chi connectivity index (χ1v) is 7.34. The minimum Gasteiger partial charge on any atom is -0.491 e. The number of ether oxygens (including phenoxy) is 2. The van der Waals surface area contributed by atoms with Crippen molar-refractivity contribution < 1.29 is 14.6 Å². The number of hydrogen-bond acceptors (Lipinski definition) is 4. The monoisotopic (exact) mass is 281 g/mol. The molecule has 0 saturated carbocycles. The molecule has 2 N–H and O–H groups in total. The zero-order chi connectivity index (χ0) is 14.8. The standard InChI is InChI=1S/C16H27NO3/c1-4-7-17-14(3)15-6-5-13(2)12-16(15)20-11-10-19-9-8-18/h5-6,12,14,17-18H,4,7-11H2,1-3H3. The number of aryl methyl sites for hydroxylation is 1. The molecule has 1 rings (SSSR count). The Morgan fingerprint density at radius 3 is 2.75 bits per heavy atom. The van der Waals surface area contributed by atoms with Crippen LogP contribution < -0.4 is 10.1 Å². The summed E-state index contributed by atoms with van der Waals surface area (Å²) < 4.78 is 11.0. The van der Waals surface area contributed by atoms with Gasteiger partial charge in [0.15, 0.2) is 0 Å². The highest BCUT2D eigenvalue weighted by Gasteiger charge is 2.11. The largest absolute Gasteiger partial charge is 0.491 e. The Balaban J connectivity index is 2.60. The highest BCUT2D eigenvalue weighted by molar-refractivity contribution is 5.39. The molecule has 0 fully saturated rings. The maximum atomic E-state index is 8.64. The maximum Gasteiger partial charge on any atom is 0.124 e. The fourth-order valence-electron chi connectivity index (χ4n) is 1.97. The Morgan fingerprint density at radius 1 is 1.25 bits per heavy atom. The Labute approximate surface area is 122 Å². The molecule has 1 aromatic rings. The molecule has 0 heterocycles. The molecule has 20 heavy (non-hydrogen) atoms. The summed E-state index contributed by atoms with van der Waals surface area (Å²) >= 11 is 0. The van der Waals surface area contributed by atoms with Gasteiger partial charge in [0.1, 0.15) is 12.4 Å². The molecular formula is C16H27NO3. The van der Waals surface area contributed by atoms with Gasteiger partial charge in [-0.25, -0.2) is 0 Å². The number of nitrogens with one attached hydrogen (secondary N) is 1. The number of aliphatic hydroxyl groups is 1. The molecular weight excluding hydrogens is 254 g/mol. The van der Waals surface area contributed by atoms with Gasteiger partial charge in [0, 0.05) is 11.6 Å². The average molecular weight is 281 g/mol. The van der Waals surface area contributed by atoms with Gasteiger partial charge >= 0.3 is 0 Å². The molecule has 114 valence electrons. The Hall–Kier alpha value is -1.10. The first-order valence-electron chi connectivity index (χ1n) is 7.34. The van der Waals surface area contributed by atoms with Crippen LogP contribution in [-0.2, 0) is 4.74 Å². The summed E-state index contributed by atoms with van der Waals surface area (Å²) in [5.74, 6) is 0.911. The van der Waals surface area contributed by atoms with E-state index in [1.54, 1.807) is 0 Å². The highest BCUT2D eigenvalue weighted by atomic mass is 16.5. The predicted octanol–water partition coefficient (Wildman–Crippen LogP) is 2.44. The summed E-state index contributed by atoms with van der Waals surface area (Å²) in [5, 5.41) is 12.1. The summed E-state index contributed by atoms with van der Waals surface area (Å²) in [7, 11) is 0. The second-order valence-corrected chi connectivity index (χ2v) is 4.90. The molecule has 4 nitrogen and oxygen atoms in total. The Kier molecular flexibility index (Phi) is 8.26. The van der Waals surface area contributed by atoms with Crippen molar-refractivity contribution in [3.63, 3.8) is 0 Å². The number of rotatable bonds is 10. The van der Waals surface area contributed by atoms with Crippen LogP contribution in [0.15, 0.2) is 18.2 Å². The lowest BCUT2D eigenvalue weighted by atomic mass is 10.0. The van der Waals surface area contributed by atoms with Crippen LogP contribution in [-0.4, -0.2) is 38.1 Å². The van der Waals surface area contributed by atoms with E-state index in [-0.39, 0.29) is 12.6 Å². The van der Waals surface area contributed by atoms with E-state index in [1.807, 2.05) is 0 Å². The molecule has 4 heteroatoms. The van der Waals surface area contributed by atoms with Crippen LogP contribution in [0.3, 0.4) is 0 Å².